The van der Waals surface area contributed by atoms with Gasteiger partial charge in [0.05, 0.1) is 17.4 Å². The molecule has 0 unspecified atom stereocenters. The maximum absolute atomic E-state index is 12.0. The van der Waals surface area contributed by atoms with Crippen LogP contribution in [0.5, 0.6) is 0 Å². The second kappa shape index (κ2) is 7.77. The van der Waals surface area contributed by atoms with Crippen LogP contribution >= 0.6 is 0 Å². The number of hydrogen-bond donors (Lipinski definition) is 1. The monoisotopic (exact) mass is 263 g/mol. The number of carbonyl (C=O) groups is 1. The molecule has 0 fully saturated rings. The van der Waals surface area contributed by atoms with Crippen LogP contribution in [0.2, 0.25) is 0 Å². The van der Waals surface area contributed by atoms with Crippen molar-refractivity contribution >= 4 is 11.6 Å². The van der Waals surface area contributed by atoms with Crippen molar-refractivity contribution in [3.8, 4) is 0 Å². The molecule has 4 heteroatoms. The first-order chi connectivity index (χ1) is 9.08. The molecular formula is C15H25N3O. The van der Waals surface area contributed by atoms with Gasteiger partial charge >= 0.3 is 0 Å². The van der Waals surface area contributed by atoms with Crippen molar-refractivity contribution < 1.29 is 4.79 Å². The number of pyridine rings is 1. The zero-order valence-electron chi connectivity index (χ0n) is 12.4. The molecule has 0 spiro atoms. The van der Waals surface area contributed by atoms with Gasteiger partial charge in [0.1, 0.15) is 0 Å². The van der Waals surface area contributed by atoms with Crippen LogP contribution < -0.4 is 10.2 Å². The highest BCUT2D eigenvalue weighted by Crippen LogP contribution is 2.14. The average molecular weight is 263 g/mol. The molecule has 1 N–H and O–H groups in total. The standard InChI is InChI=1S/C15H25N3O/c1-5-18(6-2)14-9-13(10-16-11-14)15(19)17-8-7-12(3)4/h9-12H,5-8H2,1-4H3,(H,17,19). The lowest BCUT2D eigenvalue weighted by Crippen LogP contribution is -2.26. The van der Waals surface area contributed by atoms with Gasteiger partial charge in [0.15, 0.2) is 0 Å². The van der Waals surface area contributed by atoms with Crippen LogP contribution in [0.3, 0.4) is 0 Å². The Labute approximate surface area is 116 Å². The Bertz CT molecular complexity index is 400. The first-order valence-electron chi connectivity index (χ1n) is 7.06. The Hall–Kier alpha value is -1.58. The molecule has 0 aromatic carbocycles. The summed E-state index contributed by atoms with van der Waals surface area (Å²) in [6, 6.07) is 1.91. The summed E-state index contributed by atoms with van der Waals surface area (Å²) in [6.45, 7) is 11.0. The summed E-state index contributed by atoms with van der Waals surface area (Å²) in [5.41, 5.74) is 1.63. The largest absolute Gasteiger partial charge is 0.371 e. The number of rotatable bonds is 7. The van der Waals surface area contributed by atoms with Crippen molar-refractivity contribution in [2.24, 2.45) is 5.92 Å². The predicted molar refractivity (Wildman–Crippen MR) is 79.6 cm³/mol. The highest BCUT2D eigenvalue weighted by molar-refractivity contribution is 5.94. The van der Waals surface area contributed by atoms with E-state index in [0.717, 1.165) is 25.2 Å². The van der Waals surface area contributed by atoms with Crippen LogP contribution in [0.15, 0.2) is 18.5 Å². The van der Waals surface area contributed by atoms with Gasteiger partial charge in [-0.3, -0.25) is 9.78 Å². The number of anilines is 1. The summed E-state index contributed by atoms with van der Waals surface area (Å²) < 4.78 is 0. The van der Waals surface area contributed by atoms with Gasteiger partial charge in [0.2, 0.25) is 0 Å². The molecule has 0 saturated heterocycles. The summed E-state index contributed by atoms with van der Waals surface area (Å²) in [5, 5.41) is 2.94. The molecule has 1 heterocycles. The minimum Gasteiger partial charge on any atom is -0.371 e. The van der Waals surface area contributed by atoms with Crippen LogP contribution in [0.25, 0.3) is 0 Å². The summed E-state index contributed by atoms with van der Waals surface area (Å²) >= 11 is 0. The van der Waals surface area contributed by atoms with Gasteiger partial charge in [-0.2, -0.15) is 0 Å². The van der Waals surface area contributed by atoms with Crippen molar-refractivity contribution in [3.05, 3.63) is 24.0 Å². The van der Waals surface area contributed by atoms with Gasteiger partial charge in [-0.05, 0) is 32.3 Å². The SMILES string of the molecule is CCN(CC)c1cncc(C(=O)NCCC(C)C)c1. The Morgan fingerprint density at radius 1 is 1.32 bits per heavy atom. The second-order valence-electron chi connectivity index (χ2n) is 5.04. The van der Waals surface area contributed by atoms with Gasteiger partial charge in [0.25, 0.3) is 5.91 Å². The quantitative estimate of drug-likeness (QED) is 0.822. The number of aromatic nitrogens is 1. The number of carbonyl (C=O) groups excluding carboxylic acids is 1. The van der Waals surface area contributed by atoms with Crippen molar-refractivity contribution in [3.63, 3.8) is 0 Å². The van der Waals surface area contributed by atoms with E-state index >= 15 is 0 Å². The molecule has 4 nitrogen and oxygen atoms in total. The summed E-state index contributed by atoms with van der Waals surface area (Å²) in [6.07, 6.45) is 4.42. The average Bonchev–Trinajstić information content (AvgIpc) is 2.40. The molecule has 0 aliphatic rings. The van der Waals surface area contributed by atoms with E-state index in [9.17, 15) is 4.79 Å². The topological polar surface area (TPSA) is 45.2 Å². The molecule has 106 valence electrons. The third-order valence-corrected chi connectivity index (χ3v) is 3.12. The zero-order valence-corrected chi connectivity index (χ0v) is 12.4. The van der Waals surface area contributed by atoms with Crippen molar-refractivity contribution in [2.75, 3.05) is 24.5 Å². The van der Waals surface area contributed by atoms with Crippen molar-refractivity contribution in [1.29, 1.82) is 0 Å². The van der Waals surface area contributed by atoms with E-state index in [-0.39, 0.29) is 5.91 Å². The van der Waals surface area contributed by atoms with Crippen LogP contribution in [-0.4, -0.2) is 30.5 Å². The van der Waals surface area contributed by atoms with E-state index in [4.69, 9.17) is 0 Å². The van der Waals surface area contributed by atoms with Crippen molar-refractivity contribution in [2.45, 2.75) is 34.1 Å². The Morgan fingerprint density at radius 3 is 2.58 bits per heavy atom. The molecule has 0 atom stereocenters. The van der Waals surface area contributed by atoms with Gasteiger partial charge in [-0.1, -0.05) is 13.8 Å². The van der Waals surface area contributed by atoms with E-state index in [2.05, 4.69) is 42.9 Å². The number of hydrogen-bond acceptors (Lipinski definition) is 3. The molecule has 1 aromatic heterocycles. The van der Waals surface area contributed by atoms with Gasteiger partial charge in [-0.15, -0.1) is 0 Å². The van der Waals surface area contributed by atoms with Gasteiger partial charge < -0.3 is 10.2 Å². The van der Waals surface area contributed by atoms with E-state index in [1.165, 1.54) is 0 Å². The molecule has 1 rings (SSSR count). The van der Waals surface area contributed by atoms with E-state index < -0.39 is 0 Å². The third kappa shape index (κ3) is 4.89. The number of amides is 1. The minimum atomic E-state index is -0.0397. The molecule has 19 heavy (non-hydrogen) atoms. The number of nitrogens with zero attached hydrogens (tertiary/aromatic N) is 2. The minimum absolute atomic E-state index is 0.0397. The summed E-state index contributed by atoms with van der Waals surface area (Å²) in [5.74, 6) is 0.558. The maximum atomic E-state index is 12.0. The van der Waals surface area contributed by atoms with Crippen LogP contribution in [0.4, 0.5) is 5.69 Å². The molecule has 0 aliphatic heterocycles. The Kier molecular flexibility index (Phi) is 6.33. The fourth-order valence-corrected chi connectivity index (χ4v) is 1.89. The highest BCUT2D eigenvalue weighted by Gasteiger charge is 2.09. The lowest BCUT2D eigenvalue weighted by molar-refractivity contribution is 0.0951. The van der Waals surface area contributed by atoms with Crippen LogP contribution in [0.1, 0.15) is 44.5 Å². The first kappa shape index (κ1) is 15.5. The number of nitrogens with one attached hydrogen (secondary N) is 1. The molecular weight excluding hydrogens is 238 g/mol. The van der Waals surface area contributed by atoms with Gasteiger partial charge in [0, 0.05) is 25.8 Å². The van der Waals surface area contributed by atoms with Crippen molar-refractivity contribution in [1.82, 2.24) is 10.3 Å². The maximum Gasteiger partial charge on any atom is 0.252 e. The molecule has 1 aromatic rings. The second-order valence-corrected chi connectivity index (χ2v) is 5.04. The molecule has 0 aliphatic carbocycles. The normalized spacial score (nSPS) is 10.6. The lowest BCUT2D eigenvalue weighted by atomic mass is 10.1. The third-order valence-electron chi connectivity index (χ3n) is 3.12. The molecule has 1 amide bonds. The fraction of sp³-hybridized carbons (Fsp3) is 0.600. The van der Waals surface area contributed by atoms with Crippen LogP contribution in [-0.2, 0) is 0 Å². The Morgan fingerprint density at radius 2 is 2.00 bits per heavy atom. The predicted octanol–water partition coefficient (Wildman–Crippen LogP) is 2.70. The molecule has 0 radical (unpaired) electrons. The van der Waals surface area contributed by atoms with E-state index in [1.807, 2.05) is 6.07 Å². The smallest absolute Gasteiger partial charge is 0.252 e. The van der Waals surface area contributed by atoms with E-state index in [1.54, 1.807) is 12.4 Å². The first-order valence-corrected chi connectivity index (χ1v) is 7.06. The fourth-order valence-electron chi connectivity index (χ4n) is 1.89. The van der Waals surface area contributed by atoms with Gasteiger partial charge in [-0.25, -0.2) is 0 Å². The Balaban J connectivity index is 2.67. The zero-order chi connectivity index (χ0) is 14.3. The summed E-state index contributed by atoms with van der Waals surface area (Å²) in [7, 11) is 0. The van der Waals surface area contributed by atoms with E-state index in [0.29, 0.717) is 18.0 Å². The molecule has 0 saturated carbocycles. The van der Waals surface area contributed by atoms with Crippen LogP contribution in [0, 0.1) is 5.92 Å². The molecule has 0 bridgehead atoms. The summed E-state index contributed by atoms with van der Waals surface area (Å²) in [4.78, 5) is 18.3. The lowest BCUT2D eigenvalue weighted by Gasteiger charge is -2.20. The highest BCUT2D eigenvalue weighted by atomic mass is 16.1.